The highest BCUT2D eigenvalue weighted by Gasteiger charge is 2.21. The summed E-state index contributed by atoms with van der Waals surface area (Å²) in [4.78, 5) is 11.3. The Kier molecular flexibility index (Phi) is 4.75. The van der Waals surface area contributed by atoms with E-state index in [1.165, 1.54) is 5.48 Å². The molecular formula is C11H15NO4. The van der Waals surface area contributed by atoms with Crippen LogP contribution in [0.2, 0.25) is 0 Å². The SMILES string of the molecule is CC(O)CC(Oc1ccccc1)C(=O)NO. The fourth-order valence-corrected chi connectivity index (χ4v) is 1.25. The highest BCUT2D eigenvalue weighted by molar-refractivity contribution is 5.79. The lowest BCUT2D eigenvalue weighted by Gasteiger charge is -2.18. The van der Waals surface area contributed by atoms with Gasteiger partial charge < -0.3 is 9.84 Å². The standard InChI is InChI=1S/C11H15NO4/c1-8(13)7-10(11(14)12-15)16-9-5-3-2-4-6-9/h2-6,8,10,13,15H,7H2,1H3,(H,12,14). The highest BCUT2D eigenvalue weighted by atomic mass is 16.5. The molecule has 2 atom stereocenters. The summed E-state index contributed by atoms with van der Waals surface area (Å²) in [5, 5.41) is 17.7. The predicted octanol–water partition coefficient (Wildman–Crippen LogP) is 0.710. The Bertz CT molecular complexity index is 326. The summed E-state index contributed by atoms with van der Waals surface area (Å²) >= 11 is 0. The number of hydroxylamine groups is 1. The third-order valence-corrected chi connectivity index (χ3v) is 1.98. The smallest absolute Gasteiger partial charge is 0.284 e. The van der Waals surface area contributed by atoms with Crippen molar-refractivity contribution < 1.29 is 19.8 Å². The number of amides is 1. The highest BCUT2D eigenvalue weighted by Crippen LogP contribution is 2.13. The van der Waals surface area contributed by atoms with Gasteiger partial charge in [-0.25, -0.2) is 5.48 Å². The molecule has 88 valence electrons. The van der Waals surface area contributed by atoms with Crippen molar-refractivity contribution in [3.05, 3.63) is 30.3 Å². The Morgan fingerprint density at radius 1 is 1.44 bits per heavy atom. The second-order valence-electron chi connectivity index (χ2n) is 3.48. The molecule has 0 bridgehead atoms. The van der Waals surface area contributed by atoms with Crippen LogP contribution >= 0.6 is 0 Å². The first-order chi connectivity index (χ1) is 7.63. The molecule has 1 amide bonds. The summed E-state index contributed by atoms with van der Waals surface area (Å²) < 4.78 is 5.35. The molecule has 1 rings (SSSR count). The van der Waals surface area contributed by atoms with Gasteiger partial charge in [0, 0.05) is 6.42 Å². The van der Waals surface area contributed by atoms with E-state index in [9.17, 15) is 9.90 Å². The molecule has 0 saturated carbocycles. The van der Waals surface area contributed by atoms with Gasteiger partial charge in [-0.05, 0) is 19.1 Å². The minimum Gasteiger partial charge on any atom is -0.480 e. The minimum atomic E-state index is -0.910. The lowest BCUT2D eigenvalue weighted by molar-refractivity contribution is -0.137. The number of hydrogen-bond acceptors (Lipinski definition) is 4. The van der Waals surface area contributed by atoms with E-state index in [2.05, 4.69) is 0 Å². The molecule has 0 spiro atoms. The molecule has 0 aliphatic carbocycles. The van der Waals surface area contributed by atoms with Gasteiger partial charge in [0.25, 0.3) is 5.91 Å². The second kappa shape index (κ2) is 6.09. The van der Waals surface area contributed by atoms with E-state index in [1.54, 1.807) is 31.2 Å². The van der Waals surface area contributed by atoms with Crippen LogP contribution in [0.25, 0.3) is 0 Å². The van der Waals surface area contributed by atoms with Crippen LogP contribution in [-0.4, -0.2) is 28.4 Å². The molecule has 16 heavy (non-hydrogen) atoms. The van der Waals surface area contributed by atoms with Gasteiger partial charge in [0.1, 0.15) is 5.75 Å². The molecule has 3 N–H and O–H groups in total. The van der Waals surface area contributed by atoms with Gasteiger partial charge in [0.05, 0.1) is 6.10 Å². The number of benzene rings is 1. The van der Waals surface area contributed by atoms with Crippen molar-refractivity contribution in [3.63, 3.8) is 0 Å². The Hall–Kier alpha value is -1.59. The largest absolute Gasteiger partial charge is 0.480 e. The molecule has 1 aromatic rings. The Morgan fingerprint density at radius 2 is 2.06 bits per heavy atom. The molecule has 2 unspecified atom stereocenters. The normalized spacial score (nSPS) is 13.9. The van der Waals surface area contributed by atoms with Crippen molar-refractivity contribution in [1.82, 2.24) is 5.48 Å². The lowest BCUT2D eigenvalue weighted by atomic mass is 10.1. The van der Waals surface area contributed by atoms with Crippen LogP contribution in [0.5, 0.6) is 5.75 Å². The Balaban J connectivity index is 2.67. The molecule has 5 heteroatoms. The summed E-state index contributed by atoms with van der Waals surface area (Å²) in [5.74, 6) is -0.165. The molecule has 0 aliphatic rings. The van der Waals surface area contributed by atoms with Crippen molar-refractivity contribution in [2.75, 3.05) is 0 Å². The third-order valence-electron chi connectivity index (χ3n) is 1.98. The van der Waals surface area contributed by atoms with Crippen LogP contribution < -0.4 is 10.2 Å². The van der Waals surface area contributed by atoms with Crippen molar-refractivity contribution >= 4 is 5.91 Å². The molecule has 0 heterocycles. The number of carbonyl (C=O) groups is 1. The van der Waals surface area contributed by atoms with Crippen LogP contribution in [-0.2, 0) is 4.79 Å². The van der Waals surface area contributed by atoms with Gasteiger partial charge in [-0.1, -0.05) is 18.2 Å². The predicted molar refractivity (Wildman–Crippen MR) is 57.1 cm³/mol. The van der Waals surface area contributed by atoms with Crippen molar-refractivity contribution in [3.8, 4) is 5.75 Å². The quantitative estimate of drug-likeness (QED) is 0.509. The first-order valence-corrected chi connectivity index (χ1v) is 4.97. The monoisotopic (exact) mass is 225 g/mol. The summed E-state index contributed by atoms with van der Waals surface area (Å²) in [6.07, 6.45) is -1.49. The first-order valence-electron chi connectivity index (χ1n) is 4.97. The van der Waals surface area contributed by atoms with Crippen LogP contribution in [0, 0.1) is 0 Å². The summed E-state index contributed by atoms with van der Waals surface area (Å²) in [7, 11) is 0. The number of rotatable bonds is 5. The Morgan fingerprint density at radius 3 is 2.56 bits per heavy atom. The van der Waals surface area contributed by atoms with E-state index in [0.29, 0.717) is 5.75 Å². The number of aliphatic hydroxyl groups excluding tert-OH is 1. The zero-order valence-corrected chi connectivity index (χ0v) is 8.96. The average Bonchev–Trinajstić information content (AvgIpc) is 2.28. The van der Waals surface area contributed by atoms with E-state index < -0.39 is 18.1 Å². The molecule has 1 aromatic carbocycles. The van der Waals surface area contributed by atoms with Gasteiger partial charge in [0.15, 0.2) is 6.10 Å². The number of nitrogens with one attached hydrogen (secondary N) is 1. The summed E-state index contributed by atoms with van der Waals surface area (Å²) in [6.45, 7) is 1.55. The number of ether oxygens (including phenoxy) is 1. The topological polar surface area (TPSA) is 78.8 Å². The summed E-state index contributed by atoms with van der Waals surface area (Å²) in [5.41, 5.74) is 1.52. The summed E-state index contributed by atoms with van der Waals surface area (Å²) in [6, 6.07) is 8.75. The fourth-order valence-electron chi connectivity index (χ4n) is 1.25. The van der Waals surface area contributed by atoms with E-state index in [4.69, 9.17) is 9.94 Å². The van der Waals surface area contributed by atoms with Crippen molar-refractivity contribution in [2.24, 2.45) is 0 Å². The van der Waals surface area contributed by atoms with Gasteiger partial charge in [0.2, 0.25) is 0 Å². The first kappa shape index (κ1) is 12.5. The molecule has 0 radical (unpaired) electrons. The third kappa shape index (κ3) is 3.88. The second-order valence-corrected chi connectivity index (χ2v) is 3.48. The molecule has 0 aromatic heterocycles. The number of carbonyl (C=O) groups excluding carboxylic acids is 1. The van der Waals surface area contributed by atoms with Crippen LogP contribution in [0.1, 0.15) is 13.3 Å². The van der Waals surface area contributed by atoms with E-state index >= 15 is 0 Å². The fraction of sp³-hybridized carbons (Fsp3) is 0.364. The maximum absolute atomic E-state index is 11.3. The maximum Gasteiger partial charge on any atom is 0.284 e. The molecule has 0 fully saturated rings. The van der Waals surface area contributed by atoms with Crippen LogP contribution in [0.4, 0.5) is 0 Å². The molecule has 0 aliphatic heterocycles. The lowest BCUT2D eigenvalue weighted by Crippen LogP contribution is -2.38. The number of para-hydroxylation sites is 1. The maximum atomic E-state index is 11.3. The van der Waals surface area contributed by atoms with Crippen LogP contribution in [0.3, 0.4) is 0 Å². The zero-order chi connectivity index (χ0) is 12.0. The minimum absolute atomic E-state index is 0.112. The van der Waals surface area contributed by atoms with Gasteiger partial charge in [-0.2, -0.15) is 0 Å². The van der Waals surface area contributed by atoms with E-state index in [0.717, 1.165) is 0 Å². The number of hydrogen-bond donors (Lipinski definition) is 3. The zero-order valence-electron chi connectivity index (χ0n) is 8.96. The molecular weight excluding hydrogens is 210 g/mol. The van der Waals surface area contributed by atoms with Crippen LogP contribution in [0.15, 0.2) is 30.3 Å². The Labute approximate surface area is 93.6 Å². The van der Waals surface area contributed by atoms with E-state index in [1.807, 2.05) is 6.07 Å². The van der Waals surface area contributed by atoms with Gasteiger partial charge in [-0.3, -0.25) is 10.0 Å². The van der Waals surface area contributed by atoms with E-state index in [-0.39, 0.29) is 6.42 Å². The van der Waals surface area contributed by atoms with Gasteiger partial charge in [-0.15, -0.1) is 0 Å². The van der Waals surface area contributed by atoms with Crippen molar-refractivity contribution in [1.29, 1.82) is 0 Å². The number of aliphatic hydroxyl groups is 1. The molecule has 0 saturated heterocycles. The average molecular weight is 225 g/mol. The van der Waals surface area contributed by atoms with Gasteiger partial charge >= 0.3 is 0 Å². The van der Waals surface area contributed by atoms with Crippen molar-refractivity contribution in [2.45, 2.75) is 25.6 Å². The molecule has 5 nitrogen and oxygen atoms in total.